The number of anilines is 3. The highest BCUT2D eigenvalue weighted by Gasteiger charge is 2.54. The molecule has 0 radical (unpaired) electrons. The van der Waals surface area contributed by atoms with Gasteiger partial charge in [0.15, 0.2) is 20.9 Å². The number of unbranched alkanes of at least 4 members (excludes halogenated alkanes) is 2. The van der Waals surface area contributed by atoms with Gasteiger partial charge in [0.1, 0.15) is 52.8 Å². The molecule has 2 aliphatic heterocycles. The predicted octanol–water partition coefficient (Wildman–Crippen LogP) is 8.78. The van der Waals surface area contributed by atoms with E-state index in [0.29, 0.717) is 52.6 Å². The summed E-state index contributed by atoms with van der Waals surface area (Å²) < 4.78 is 56.7. The van der Waals surface area contributed by atoms with Gasteiger partial charge in [-0.05, 0) is 100 Å². The second kappa shape index (κ2) is 27.7. The van der Waals surface area contributed by atoms with Crippen molar-refractivity contribution in [2.45, 2.75) is 162 Å². The normalized spacial score (nSPS) is 19.2. The second-order valence-electron chi connectivity index (χ2n) is 22.8. The maximum atomic E-state index is 14.2. The number of benzene rings is 3. The number of carbonyl (C=O) groups is 3. The van der Waals surface area contributed by atoms with Crippen molar-refractivity contribution in [1.82, 2.24) is 29.1 Å². The Balaban J connectivity index is 0.934. The number of primary amides is 2. The molecule has 5 heterocycles. The van der Waals surface area contributed by atoms with Gasteiger partial charge in [-0.2, -0.15) is 10.2 Å². The fourth-order valence-electron chi connectivity index (χ4n) is 10.6. The number of hydrogen-bond acceptors (Lipinski definition) is 16. The number of hydrogen-bond donors (Lipinski definition) is 5. The Kier molecular flexibility index (Phi) is 20.8. The van der Waals surface area contributed by atoms with Crippen molar-refractivity contribution >= 4 is 54.4 Å². The number of allylic oxidation sites excluding steroid dienone is 1. The third-order valence-electron chi connectivity index (χ3n) is 15.9. The van der Waals surface area contributed by atoms with Gasteiger partial charge in [0.2, 0.25) is 17.8 Å². The van der Waals surface area contributed by atoms with Crippen molar-refractivity contribution in [1.29, 1.82) is 0 Å². The first-order valence-corrected chi connectivity index (χ1v) is 31.9. The van der Waals surface area contributed by atoms with E-state index in [-0.39, 0.29) is 60.7 Å². The third-order valence-corrected chi connectivity index (χ3v) is 20.4. The molecular weight excluding hydrogens is 1090 g/mol. The third kappa shape index (κ3) is 14.5. The largest absolute Gasteiger partial charge is 0.494 e. The Morgan fingerprint density at radius 3 is 2.30 bits per heavy atom. The zero-order valence-electron chi connectivity index (χ0n) is 50.5. The molecule has 22 nitrogen and oxygen atoms in total. The molecule has 23 heteroatoms. The summed E-state index contributed by atoms with van der Waals surface area (Å²) in [7, 11) is 0.659. The van der Waals surface area contributed by atoms with Crippen LogP contribution in [0.5, 0.6) is 11.5 Å². The molecule has 6 aromatic rings. The van der Waals surface area contributed by atoms with Crippen LogP contribution in [0.1, 0.15) is 126 Å². The maximum Gasteiger partial charge on any atom is 0.276 e. The highest BCUT2D eigenvalue weighted by Crippen LogP contribution is 2.43. The quantitative estimate of drug-likeness (QED) is 0.0133. The number of methoxy groups -OCH3 is 2. The first kappa shape index (κ1) is 62.9. The topological polar surface area (TPSA) is 281 Å². The van der Waals surface area contributed by atoms with Gasteiger partial charge in [-0.25, -0.2) is 4.98 Å². The number of fused-ring (bicyclic) bond motifs is 2. The van der Waals surface area contributed by atoms with Crippen LogP contribution in [0.3, 0.4) is 0 Å². The van der Waals surface area contributed by atoms with Gasteiger partial charge in [0, 0.05) is 62.1 Å². The SMILES string of the molecule is CCc1c(CCCCCn2nc(C)cc2C(=O)Nc2nc3cc(C(N)=O)cc(OC)c3n2C/C=C/CNc2c(N)cc(C(N)=O)cc2OCCCO[C@H]2[C@@H](OC)O[C@@H]3COC(c4ccccc4)O[C@H]3[C@@H]2O[Si](C)(C)C(C)(C)C)c(C)nn1CC. The van der Waals surface area contributed by atoms with Gasteiger partial charge in [0.25, 0.3) is 5.91 Å². The molecule has 0 spiro atoms. The number of nitrogen functional groups attached to an aromatic ring is 1. The molecule has 454 valence electrons. The van der Waals surface area contributed by atoms with Crippen LogP contribution < -0.4 is 37.3 Å². The number of rotatable bonds is 28. The van der Waals surface area contributed by atoms with Crippen LogP contribution in [0.25, 0.3) is 11.0 Å². The van der Waals surface area contributed by atoms with Gasteiger partial charge in [-0.3, -0.25) is 29.1 Å². The van der Waals surface area contributed by atoms with E-state index < -0.39 is 63.0 Å². The van der Waals surface area contributed by atoms with Crippen molar-refractivity contribution in [2.75, 3.05) is 57.0 Å². The lowest BCUT2D eigenvalue weighted by Crippen LogP contribution is -2.66. The minimum absolute atomic E-state index is 0.119. The van der Waals surface area contributed by atoms with E-state index in [1.54, 1.807) is 40.6 Å². The number of imidazole rings is 1. The first-order chi connectivity index (χ1) is 40.2. The average Bonchev–Trinajstić information content (AvgIpc) is 1.55. The lowest BCUT2D eigenvalue weighted by Gasteiger charge is -2.51. The van der Waals surface area contributed by atoms with E-state index in [2.05, 4.69) is 75.1 Å². The van der Waals surface area contributed by atoms with Gasteiger partial charge in [-0.15, -0.1) is 0 Å². The maximum absolute atomic E-state index is 14.2. The van der Waals surface area contributed by atoms with Crippen molar-refractivity contribution in [3.05, 3.63) is 118 Å². The minimum Gasteiger partial charge on any atom is -0.494 e. The van der Waals surface area contributed by atoms with Crippen LogP contribution in [0, 0.1) is 13.8 Å². The Morgan fingerprint density at radius 2 is 1.61 bits per heavy atom. The number of nitrogens with one attached hydrogen (secondary N) is 2. The first-order valence-electron chi connectivity index (χ1n) is 29.0. The van der Waals surface area contributed by atoms with Gasteiger partial charge >= 0.3 is 0 Å². The zero-order chi connectivity index (χ0) is 60.5. The molecule has 3 amide bonds. The fraction of sp³-hybridized carbons (Fsp3) is 0.508. The highest BCUT2D eigenvalue weighted by atomic mass is 28.4. The van der Waals surface area contributed by atoms with E-state index in [0.717, 1.165) is 49.9 Å². The smallest absolute Gasteiger partial charge is 0.276 e. The molecule has 1 unspecified atom stereocenters. The second-order valence-corrected chi connectivity index (χ2v) is 27.5. The van der Waals surface area contributed by atoms with Crippen molar-refractivity contribution in [2.24, 2.45) is 11.5 Å². The summed E-state index contributed by atoms with van der Waals surface area (Å²) in [6.45, 7) is 21.7. The standard InChI is InChI=1S/C61H85N11O11Si/c1-12-45-42(38(4)69-71(45)13-2)25-18-15-20-28-72-46(31-37(3)68-72)57(75)67-60-66-44-33-41(56(64)74)35-48(76-8)51(44)70(60)27-21-19-26-65-50-43(62)32-40(55(63)73)34-47(50)78-29-22-30-79-54-53(83-84(10,11)61(5,6)7)52-49(81-59(54)77-9)36-80-58(82-52)39-23-16-14-17-24-39/h14,16-17,19,21,23-24,31-35,49,52-54,58-59,65H,12-13,15,18,20,22,25-30,36,62H2,1-11H3,(H2,63,73)(H2,64,74)(H,66,67,75)/b21-19+/t49-,52-,53+,54-,58?,59+/m1/s1. The van der Waals surface area contributed by atoms with Gasteiger partial charge in [-0.1, -0.05) is 76.6 Å². The van der Waals surface area contributed by atoms with Crippen molar-refractivity contribution < 1.29 is 52.0 Å². The number of aryl methyl sites for hydroxylation is 4. The van der Waals surface area contributed by atoms with E-state index in [9.17, 15) is 14.4 Å². The van der Waals surface area contributed by atoms with Crippen LogP contribution in [0.15, 0.2) is 72.8 Å². The van der Waals surface area contributed by atoms with E-state index in [1.807, 2.05) is 49.4 Å². The Morgan fingerprint density at radius 1 is 0.869 bits per heavy atom. The van der Waals surface area contributed by atoms with Crippen LogP contribution in [0.4, 0.5) is 17.3 Å². The van der Waals surface area contributed by atoms with E-state index >= 15 is 0 Å². The molecule has 0 aliphatic carbocycles. The summed E-state index contributed by atoms with van der Waals surface area (Å²) >= 11 is 0. The monoisotopic (exact) mass is 1180 g/mol. The predicted molar refractivity (Wildman–Crippen MR) is 324 cm³/mol. The molecule has 3 aromatic carbocycles. The molecule has 84 heavy (non-hydrogen) atoms. The number of aromatic nitrogens is 6. The van der Waals surface area contributed by atoms with E-state index in [1.165, 1.54) is 24.4 Å². The van der Waals surface area contributed by atoms with Crippen LogP contribution in [-0.4, -0.2) is 126 Å². The Labute approximate surface area is 493 Å². The summed E-state index contributed by atoms with van der Waals surface area (Å²) in [5.74, 6) is -0.870. The number of ether oxygens (including phenoxy) is 7. The summed E-state index contributed by atoms with van der Waals surface area (Å²) in [4.78, 5) is 43.9. The van der Waals surface area contributed by atoms with Crippen LogP contribution in [0.2, 0.25) is 18.1 Å². The number of carbonyl (C=O) groups excluding carboxylic acids is 3. The molecule has 8 N–H and O–H groups in total. The zero-order valence-corrected chi connectivity index (χ0v) is 51.5. The van der Waals surface area contributed by atoms with Crippen molar-refractivity contribution in [3.8, 4) is 11.5 Å². The fourth-order valence-corrected chi connectivity index (χ4v) is 11.9. The number of nitrogens with zero attached hydrogens (tertiary/aromatic N) is 6. The average molecular weight is 1180 g/mol. The lowest BCUT2D eigenvalue weighted by atomic mass is 9.97. The molecular formula is C61H85N11O11Si. The number of amides is 3. The molecule has 6 atom stereocenters. The lowest BCUT2D eigenvalue weighted by molar-refractivity contribution is -0.360. The molecule has 8 rings (SSSR count). The molecule has 0 bridgehead atoms. The summed E-state index contributed by atoms with van der Waals surface area (Å²) in [5.41, 5.74) is 25.7. The Bertz CT molecular complexity index is 3280. The highest BCUT2D eigenvalue weighted by molar-refractivity contribution is 6.74. The van der Waals surface area contributed by atoms with Crippen LogP contribution in [-0.2, 0) is 60.6 Å². The summed E-state index contributed by atoms with van der Waals surface area (Å²) in [6, 6.07) is 17.7. The molecule has 2 aliphatic rings. The van der Waals surface area contributed by atoms with Crippen molar-refractivity contribution in [3.63, 3.8) is 0 Å². The summed E-state index contributed by atoms with van der Waals surface area (Å²) in [6.07, 6.45) is 5.24. The van der Waals surface area contributed by atoms with Crippen LogP contribution >= 0.6 is 0 Å². The summed E-state index contributed by atoms with van der Waals surface area (Å²) in [5, 5.41) is 15.7. The molecule has 2 saturated heterocycles. The minimum atomic E-state index is -2.41. The van der Waals surface area contributed by atoms with Gasteiger partial charge in [0.05, 0.1) is 49.5 Å². The van der Waals surface area contributed by atoms with E-state index in [4.69, 9.17) is 64.9 Å². The number of nitrogens with two attached hydrogens (primary N) is 3. The molecule has 0 saturated carbocycles. The Hall–Kier alpha value is -7.12. The van der Waals surface area contributed by atoms with Gasteiger partial charge < -0.3 is 64.7 Å². The molecule has 2 fully saturated rings. The molecule has 3 aromatic heterocycles.